The maximum atomic E-state index is 12.0. The zero-order valence-electron chi connectivity index (χ0n) is 10.1. The Bertz CT molecular complexity index is 421. The molecule has 0 saturated heterocycles. The minimum absolute atomic E-state index is 0.0424. The van der Waals surface area contributed by atoms with Gasteiger partial charge in [0.2, 0.25) is 0 Å². The van der Waals surface area contributed by atoms with E-state index >= 15 is 0 Å². The molecule has 17 heavy (non-hydrogen) atoms. The van der Waals surface area contributed by atoms with Gasteiger partial charge in [-0.1, -0.05) is 0 Å². The van der Waals surface area contributed by atoms with Gasteiger partial charge >= 0.3 is 0 Å². The van der Waals surface area contributed by atoms with Crippen molar-refractivity contribution in [3.63, 3.8) is 0 Å². The summed E-state index contributed by atoms with van der Waals surface area (Å²) in [7, 11) is 0. The van der Waals surface area contributed by atoms with Gasteiger partial charge in [-0.3, -0.25) is 4.79 Å². The van der Waals surface area contributed by atoms with Crippen LogP contribution >= 0.6 is 40.3 Å². The van der Waals surface area contributed by atoms with Gasteiger partial charge in [0.05, 0.1) is 5.56 Å². The van der Waals surface area contributed by atoms with Crippen molar-refractivity contribution < 1.29 is 4.79 Å². The van der Waals surface area contributed by atoms with Crippen LogP contribution in [0.2, 0.25) is 0 Å². The normalized spacial score (nSPS) is 11.4. The van der Waals surface area contributed by atoms with E-state index in [-0.39, 0.29) is 10.7 Å². The first-order valence-electron chi connectivity index (χ1n) is 5.17. The van der Waals surface area contributed by atoms with Crippen LogP contribution in [0.15, 0.2) is 27.6 Å². The molecule has 0 aliphatic heterocycles. The van der Waals surface area contributed by atoms with Crippen LogP contribution in [0.3, 0.4) is 0 Å². The van der Waals surface area contributed by atoms with Crippen molar-refractivity contribution >= 4 is 46.2 Å². The van der Waals surface area contributed by atoms with Gasteiger partial charge < -0.3 is 5.32 Å². The Kier molecular flexibility index (Phi) is 5.41. The highest BCUT2D eigenvalue weighted by atomic mass is 79.9. The minimum atomic E-state index is -0.0742. The summed E-state index contributed by atoms with van der Waals surface area (Å²) < 4.78 is 0.829. The molecule has 2 nitrogen and oxygen atoms in total. The average molecular weight is 334 g/mol. The highest BCUT2D eigenvalue weighted by molar-refractivity contribution is 9.10. The lowest BCUT2D eigenvalue weighted by molar-refractivity contribution is 0.0950. The van der Waals surface area contributed by atoms with Crippen LogP contribution in [-0.4, -0.2) is 23.5 Å². The van der Waals surface area contributed by atoms with Crippen molar-refractivity contribution in [3.05, 3.63) is 28.2 Å². The molecule has 0 fully saturated rings. The number of carbonyl (C=O) groups is 1. The van der Waals surface area contributed by atoms with Crippen LogP contribution in [0.4, 0.5) is 0 Å². The fourth-order valence-corrected chi connectivity index (χ4v) is 1.99. The molecule has 0 unspecified atom stereocenters. The van der Waals surface area contributed by atoms with Crippen molar-refractivity contribution in [1.29, 1.82) is 0 Å². The molecule has 1 N–H and O–H groups in total. The van der Waals surface area contributed by atoms with Crippen molar-refractivity contribution in [2.45, 2.75) is 23.5 Å². The summed E-state index contributed by atoms with van der Waals surface area (Å²) >= 11 is 9.33. The molecule has 0 aliphatic rings. The van der Waals surface area contributed by atoms with Gasteiger partial charge in [-0.25, -0.2) is 0 Å². The molecular weight excluding hydrogens is 318 g/mol. The van der Waals surface area contributed by atoms with Gasteiger partial charge in [-0.2, -0.15) is 11.8 Å². The SMILES string of the molecule is CSC(C)(C)CNC(=O)c1cc(S)ccc1Br. The standard InChI is InChI=1S/C12H16BrNOS2/c1-12(2,17-3)7-14-11(15)9-6-8(16)4-5-10(9)13/h4-6,16H,7H2,1-3H3,(H,14,15). The molecule has 0 aliphatic carbocycles. The summed E-state index contributed by atoms with van der Waals surface area (Å²) in [5.74, 6) is -0.0742. The number of rotatable bonds is 4. The first kappa shape index (κ1) is 14.9. The molecule has 0 saturated carbocycles. The third-order valence-corrected chi connectivity index (χ3v) is 4.64. The van der Waals surface area contributed by atoms with Gasteiger partial charge in [0.1, 0.15) is 0 Å². The number of carbonyl (C=O) groups excluding carboxylic acids is 1. The zero-order chi connectivity index (χ0) is 13.1. The fraction of sp³-hybridized carbons (Fsp3) is 0.417. The lowest BCUT2D eigenvalue weighted by Crippen LogP contribution is -2.36. The Morgan fingerprint density at radius 2 is 2.18 bits per heavy atom. The molecule has 0 bridgehead atoms. The second-order valence-corrected chi connectivity index (χ2v) is 7.19. The maximum absolute atomic E-state index is 12.0. The summed E-state index contributed by atoms with van der Waals surface area (Å²) in [6.45, 7) is 4.83. The van der Waals surface area contributed by atoms with Crippen LogP contribution in [0.5, 0.6) is 0 Å². The number of thiol groups is 1. The highest BCUT2D eigenvalue weighted by Gasteiger charge is 2.18. The highest BCUT2D eigenvalue weighted by Crippen LogP contribution is 2.22. The number of benzene rings is 1. The van der Waals surface area contributed by atoms with E-state index in [1.165, 1.54) is 0 Å². The summed E-state index contributed by atoms with van der Waals surface area (Å²) in [4.78, 5) is 12.8. The second kappa shape index (κ2) is 6.16. The first-order chi connectivity index (χ1) is 7.85. The summed E-state index contributed by atoms with van der Waals surface area (Å²) in [5, 5.41) is 2.93. The Morgan fingerprint density at radius 1 is 1.53 bits per heavy atom. The number of thioether (sulfide) groups is 1. The van der Waals surface area contributed by atoms with E-state index in [4.69, 9.17) is 0 Å². The molecule has 0 heterocycles. The second-order valence-electron chi connectivity index (χ2n) is 4.31. The lowest BCUT2D eigenvalue weighted by atomic mass is 10.2. The predicted molar refractivity (Wildman–Crippen MR) is 81.3 cm³/mol. The Hall–Kier alpha value is -0.130. The summed E-state index contributed by atoms with van der Waals surface area (Å²) in [6, 6.07) is 5.43. The third-order valence-electron chi connectivity index (χ3n) is 2.42. The number of nitrogens with one attached hydrogen (secondary N) is 1. The van der Waals surface area contributed by atoms with Crippen LogP contribution in [0.1, 0.15) is 24.2 Å². The van der Waals surface area contributed by atoms with Crippen LogP contribution in [0.25, 0.3) is 0 Å². The monoisotopic (exact) mass is 333 g/mol. The quantitative estimate of drug-likeness (QED) is 0.824. The van der Waals surface area contributed by atoms with Crippen molar-refractivity contribution in [2.75, 3.05) is 12.8 Å². The largest absolute Gasteiger partial charge is 0.351 e. The molecule has 0 spiro atoms. The summed E-state index contributed by atoms with van der Waals surface area (Å²) in [6.07, 6.45) is 2.04. The number of halogens is 1. The molecule has 0 aromatic heterocycles. The molecule has 94 valence electrons. The van der Waals surface area contributed by atoms with Crippen LogP contribution < -0.4 is 5.32 Å². The molecule has 5 heteroatoms. The van der Waals surface area contributed by atoms with E-state index in [0.717, 1.165) is 9.37 Å². The first-order valence-corrected chi connectivity index (χ1v) is 7.64. The predicted octanol–water partition coefficient (Wildman–Crippen LogP) is 3.61. The zero-order valence-corrected chi connectivity index (χ0v) is 13.4. The van der Waals surface area contributed by atoms with E-state index in [1.807, 2.05) is 18.4 Å². The number of amides is 1. The molecule has 1 aromatic rings. The smallest absolute Gasteiger partial charge is 0.252 e. The van der Waals surface area contributed by atoms with Crippen LogP contribution in [0, 0.1) is 0 Å². The molecule has 1 rings (SSSR count). The van der Waals surface area contributed by atoms with E-state index in [0.29, 0.717) is 12.1 Å². The minimum Gasteiger partial charge on any atom is -0.351 e. The van der Waals surface area contributed by atoms with Crippen molar-refractivity contribution in [3.8, 4) is 0 Å². The Balaban J connectivity index is 2.74. The van der Waals surface area contributed by atoms with Crippen molar-refractivity contribution in [2.24, 2.45) is 0 Å². The Morgan fingerprint density at radius 3 is 2.76 bits per heavy atom. The van der Waals surface area contributed by atoms with Gasteiger partial charge in [0, 0.05) is 20.7 Å². The summed E-state index contributed by atoms with van der Waals surface area (Å²) in [5.41, 5.74) is 0.620. The molecule has 0 radical (unpaired) electrons. The van der Waals surface area contributed by atoms with Crippen molar-refractivity contribution in [1.82, 2.24) is 5.32 Å². The molecular formula is C12H16BrNOS2. The van der Waals surface area contributed by atoms with Crippen LogP contribution in [-0.2, 0) is 0 Å². The molecule has 0 atom stereocenters. The van der Waals surface area contributed by atoms with Gasteiger partial charge in [-0.15, -0.1) is 12.6 Å². The topological polar surface area (TPSA) is 29.1 Å². The van der Waals surface area contributed by atoms with E-state index < -0.39 is 0 Å². The van der Waals surface area contributed by atoms with Gasteiger partial charge in [0.15, 0.2) is 0 Å². The lowest BCUT2D eigenvalue weighted by Gasteiger charge is -2.22. The Labute approximate surface area is 120 Å². The van der Waals surface area contributed by atoms with E-state index in [1.54, 1.807) is 17.8 Å². The average Bonchev–Trinajstić information content (AvgIpc) is 2.29. The van der Waals surface area contributed by atoms with E-state index in [9.17, 15) is 4.79 Å². The number of hydrogen-bond donors (Lipinski definition) is 2. The maximum Gasteiger partial charge on any atom is 0.252 e. The van der Waals surface area contributed by atoms with Gasteiger partial charge in [0.25, 0.3) is 5.91 Å². The molecule has 1 aromatic carbocycles. The van der Waals surface area contributed by atoms with E-state index in [2.05, 4.69) is 47.7 Å². The fourth-order valence-electron chi connectivity index (χ4n) is 1.15. The molecule has 1 amide bonds. The van der Waals surface area contributed by atoms with Gasteiger partial charge in [-0.05, 0) is 54.2 Å². The third kappa shape index (κ3) is 4.56. The number of hydrogen-bond acceptors (Lipinski definition) is 3.